The fraction of sp³-hybridized carbons (Fsp3) is 0.609. The van der Waals surface area contributed by atoms with Gasteiger partial charge in [-0.3, -0.25) is 4.98 Å². The molecule has 172 valence electrons. The van der Waals surface area contributed by atoms with Crippen LogP contribution in [0.15, 0.2) is 22.2 Å². The Labute approximate surface area is 198 Å². The molecule has 4 heterocycles. The molecule has 3 fully saturated rings. The van der Waals surface area contributed by atoms with Crippen molar-refractivity contribution in [2.75, 3.05) is 24.6 Å². The van der Waals surface area contributed by atoms with Gasteiger partial charge in [-0.2, -0.15) is 0 Å². The first-order chi connectivity index (χ1) is 15.4. The van der Waals surface area contributed by atoms with Gasteiger partial charge in [0.05, 0.1) is 35.7 Å². The number of aliphatic hydroxyl groups excluding tert-OH is 1. The Balaban J connectivity index is 1.36. The summed E-state index contributed by atoms with van der Waals surface area (Å²) in [5, 5.41) is 11.6. The number of aryl methyl sites for hydroxylation is 1. The highest BCUT2D eigenvalue weighted by Crippen LogP contribution is 2.46. The average Bonchev–Trinajstić information content (AvgIpc) is 3.61. The van der Waals surface area contributed by atoms with Crippen molar-refractivity contribution in [1.82, 2.24) is 15.0 Å². The van der Waals surface area contributed by atoms with E-state index >= 15 is 0 Å². The Morgan fingerprint density at radius 1 is 1.31 bits per heavy atom. The van der Waals surface area contributed by atoms with Crippen LogP contribution in [0.1, 0.15) is 55.6 Å². The zero-order chi connectivity index (χ0) is 22.5. The first-order valence-electron chi connectivity index (χ1n) is 11.3. The van der Waals surface area contributed by atoms with E-state index < -0.39 is 0 Å². The van der Waals surface area contributed by atoms with Crippen molar-refractivity contribution in [3.05, 3.63) is 34.4 Å². The standard InChI is InChI=1S/C23H30ClN5O2S/c1-13-22(32-17-5-8-26-19(18(17)24)15-3-4-15)28-16(11-30)21(27-13)29-9-6-23(7-10-29)12-31-14(2)20(23)25/h5,8,14-15,20,30H,3-4,6-7,9-12,25H2,1-2H3/t14-,20+/m0/s1. The second-order valence-electron chi connectivity index (χ2n) is 9.32. The highest BCUT2D eigenvalue weighted by atomic mass is 35.5. The molecule has 1 saturated carbocycles. The summed E-state index contributed by atoms with van der Waals surface area (Å²) in [4.78, 5) is 17.3. The van der Waals surface area contributed by atoms with E-state index in [-0.39, 0.29) is 24.2 Å². The Bertz CT molecular complexity index is 1010. The van der Waals surface area contributed by atoms with Gasteiger partial charge in [0.15, 0.2) is 5.82 Å². The number of pyridine rings is 1. The molecule has 0 aromatic carbocycles. The van der Waals surface area contributed by atoms with Crippen LogP contribution in [0.2, 0.25) is 5.02 Å². The number of halogens is 1. The first-order valence-corrected chi connectivity index (χ1v) is 12.5. The minimum atomic E-state index is -0.158. The highest BCUT2D eigenvalue weighted by molar-refractivity contribution is 7.99. The number of rotatable bonds is 5. The molecular weight excluding hydrogens is 446 g/mol. The van der Waals surface area contributed by atoms with Crippen LogP contribution in [0.3, 0.4) is 0 Å². The SMILES string of the molecule is Cc1nc(N2CCC3(CC2)CO[C@@H](C)[C@H]3N)c(CO)nc1Sc1ccnc(C2CC2)c1Cl. The van der Waals surface area contributed by atoms with Crippen LogP contribution in [0, 0.1) is 12.3 Å². The minimum Gasteiger partial charge on any atom is -0.390 e. The number of ether oxygens (including phenoxy) is 1. The summed E-state index contributed by atoms with van der Waals surface area (Å²) in [5.74, 6) is 1.25. The van der Waals surface area contributed by atoms with Crippen molar-refractivity contribution >= 4 is 29.2 Å². The van der Waals surface area contributed by atoms with E-state index in [1.807, 2.05) is 19.2 Å². The average molecular weight is 476 g/mol. The number of aliphatic hydroxyl groups is 1. The van der Waals surface area contributed by atoms with Crippen molar-refractivity contribution in [3.8, 4) is 0 Å². The molecule has 32 heavy (non-hydrogen) atoms. The minimum absolute atomic E-state index is 0.0465. The fourth-order valence-electron chi connectivity index (χ4n) is 4.88. The van der Waals surface area contributed by atoms with Gasteiger partial charge >= 0.3 is 0 Å². The Kier molecular flexibility index (Phi) is 6.09. The van der Waals surface area contributed by atoms with E-state index in [0.29, 0.717) is 16.6 Å². The summed E-state index contributed by atoms with van der Waals surface area (Å²) in [6.07, 6.45) is 6.13. The molecular formula is C23H30ClN5O2S. The molecule has 2 aromatic heterocycles. The Hall–Kier alpha value is -1.45. The van der Waals surface area contributed by atoms with Crippen LogP contribution in [0.5, 0.6) is 0 Å². The van der Waals surface area contributed by atoms with E-state index in [2.05, 4.69) is 16.8 Å². The van der Waals surface area contributed by atoms with Crippen LogP contribution >= 0.6 is 23.4 Å². The van der Waals surface area contributed by atoms with E-state index in [1.54, 1.807) is 0 Å². The number of piperidine rings is 1. The normalized spacial score (nSPS) is 25.0. The first kappa shape index (κ1) is 22.3. The molecule has 0 bridgehead atoms. The number of anilines is 1. The summed E-state index contributed by atoms with van der Waals surface area (Å²) in [6.45, 7) is 6.26. The van der Waals surface area contributed by atoms with E-state index in [0.717, 1.165) is 72.5 Å². The third kappa shape index (κ3) is 4.01. The summed E-state index contributed by atoms with van der Waals surface area (Å²) in [5.41, 5.74) is 8.92. The van der Waals surface area contributed by atoms with E-state index in [1.165, 1.54) is 11.8 Å². The van der Waals surface area contributed by atoms with Gasteiger partial charge in [0, 0.05) is 41.6 Å². The van der Waals surface area contributed by atoms with Gasteiger partial charge in [0.1, 0.15) is 10.7 Å². The largest absolute Gasteiger partial charge is 0.390 e. The maximum atomic E-state index is 10.1. The molecule has 2 atom stereocenters. The maximum Gasteiger partial charge on any atom is 0.153 e. The lowest BCUT2D eigenvalue weighted by Crippen LogP contribution is -2.51. The third-order valence-electron chi connectivity index (χ3n) is 7.18. The lowest BCUT2D eigenvalue weighted by molar-refractivity contribution is 0.0973. The number of aromatic nitrogens is 3. The molecule has 7 nitrogen and oxygen atoms in total. The van der Waals surface area contributed by atoms with Crippen LogP contribution in [-0.4, -0.2) is 51.9 Å². The molecule has 5 rings (SSSR count). The molecule has 3 aliphatic rings. The number of nitrogens with zero attached hydrogens (tertiary/aromatic N) is 4. The molecule has 0 amide bonds. The summed E-state index contributed by atoms with van der Waals surface area (Å²) >= 11 is 8.14. The topological polar surface area (TPSA) is 97.4 Å². The zero-order valence-corrected chi connectivity index (χ0v) is 20.1. The van der Waals surface area contributed by atoms with E-state index in [9.17, 15) is 5.11 Å². The van der Waals surface area contributed by atoms with Gasteiger partial charge in [-0.1, -0.05) is 23.4 Å². The van der Waals surface area contributed by atoms with E-state index in [4.69, 9.17) is 32.0 Å². The summed E-state index contributed by atoms with van der Waals surface area (Å²) < 4.78 is 5.84. The predicted molar refractivity (Wildman–Crippen MR) is 125 cm³/mol. The van der Waals surface area contributed by atoms with Crippen LogP contribution in [0.4, 0.5) is 5.82 Å². The summed E-state index contributed by atoms with van der Waals surface area (Å²) in [7, 11) is 0. The quantitative estimate of drug-likeness (QED) is 0.675. The van der Waals surface area contributed by atoms with Crippen LogP contribution in [-0.2, 0) is 11.3 Å². The molecule has 0 radical (unpaired) electrons. The molecule has 2 saturated heterocycles. The maximum absolute atomic E-state index is 10.1. The predicted octanol–water partition coefficient (Wildman–Crippen LogP) is 3.69. The van der Waals surface area contributed by atoms with Gasteiger partial charge in [-0.05, 0) is 45.6 Å². The second-order valence-corrected chi connectivity index (χ2v) is 10.7. The Morgan fingerprint density at radius 2 is 2.06 bits per heavy atom. The third-order valence-corrected chi connectivity index (χ3v) is 8.83. The molecule has 1 spiro atoms. The van der Waals surface area contributed by atoms with Gasteiger partial charge in [-0.15, -0.1) is 0 Å². The molecule has 1 aliphatic carbocycles. The van der Waals surface area contributed by atoms with Gasteiger partial charge in [0.25, 0.3) is 0 Å². The molecule has 3 N–H and O–H groups in total. The molecule has 0 unspecified atom stereocenters. The molecule has 9 heteroatoms. The number of nitrogens with two attached hydrogens (primary N) is 1. The van der Waals surface area contributed by atoms with Crippen molar-refractivity contribution in [1.29, 1.82) is 0 Å². The van der Waals surface area contributed by atoms with Gasteiger partial charge < -0.3 is 20.5 Å². The number of hydrogen-bond acceptors (Lipinski definition) is 8. The smallest absolute Gasteiger partial charge is 0.153 e. The Morgan fingerprint density at radius 3 is 2.69 bits per heavy atom. The van der Waals surface area contributed by atoms with Crippen LogP contribution < -0.4 is 10.6 Å². The number of hydrogen-bond donors (Lipinski definition) is 2. The lowest BCUT2D eigenvalue weighted by atomic mass is 9.73. The van der Waals surface area contributed by atoms with Crippen molar-refractivity contribution in [3.63, 3.8) is 0 Å². The van der Waals surface area contributed by atoms with Crippen molar-refractivity contribution in [2.24, 2.45) is 11.1 Å². The van der Waals surface area contributed by atoms with Crippen LogP contribution in [0.25, 0.3) is 0 Å². The fourth-order valence-corrected chi connectivity index (χ4v) is 6.15. The zero-order valence-electron chi connectivity index (χ0n) is 18.6. The monoisotopic (exact) mass is 475 g/mol. The van der Waals surface area contributed by atoms with Crippen molar-refractivity contribution in [2.45, 2.75) is 74.1 Å². The molecule has 2 aliphatic heterocycles. The van der Waals surface area contributed by atoms with Gasteiger partial charge in [0.2, 0.25) is 0 Å². The van der Waals surface area contributed by atoms with Crippen molar-refractivity contribution < 1.29 is 9.84 Å². The molecule has 2 aromatic rings. The second kappa shape index (κ2) is 8.72. The highest BCUT2D eigenvalue weighted by Gasteiger charge is 2.47. The summed E-state index contributed by atoms with van der Waals surface area (Å²) in [6, 6.07) is 1.99. The lowest BCUT2D eigenvalue weighted by Gasteiger charge is -2.42. The van der Waals surface area contributed by atoms with Gasteiger partial charge in [-0.25, -0.2) is 9.97 Å².